The number of fused-ring (bicyclic) bond motifs is 9. The van der Waals surface area contributed by atoms with E-state index in [0.717, 1.165) is 49.3 Å². The van der Waals surface area contributed by atoms with Crippen molar-refractivity contribution in [3.8, 4) is 17.1 Å². The Bertz CT molecular complexity index is 4080. The molecule has 0 bridgehead atoms. The highest BCUT2D eigenvalue weighted by molar-refractivity contribution is 7.19. The lowest BCUT2D eigenvalue weighted by Crippen LogP contribution is -2.74. The fraction of sp³-hybridized carbons (Fsp3) is 0. The van der Waals surface area contributed by atoms with Gasteiger partial charge in [0.15, 0.2) is 8.07 Å². The van der Waals surface area contributed by atoms with Gasteiger partial charge in [0.2, 0.25) is 0 Å². The maximum atomic E-state index is 9.25. The third-order valence-electron chi connectivity index (χ3n) is 13.0. The minimum atomic E-state index is -2.96. The van der Waals surface area contributed by atoms with Gasteiger partial charge in [-0.3, -0.25) is 0 Å². The summed E-state index contributed by atoms with van der Waals surface area (Å²) < 4.78 is 77.5. The molecule has 0 aliphatic heterocycles. The molecule has 0 saturated heterocycles. The molecule has 0 unspecified atom stereocenters. The molecule has 0 radical (unpaired) electrons. The summed E-state index contributed by atoms with van der Waals surface area (Å²) in [6, 6.07) is 67.6. The smallest absolute Gasteiger partial charge is 0.179 e. The first-order chi connectivity index (χ1) is 35.1. The largest absolute Gasteiger partial charge is 0.309 e. The van der Waals surface area contributed by atoms with E-state index in [1.807, 2.05) is 69.8 Å². The van der Waals surface area contributed by atoms with E-state index in [2.05, 4.69) is 144 Å². The van der Waals surface area contributed by atoms with Crippen molar-refractivity contribution in [2.45, 2.75) is 0 Å². The van der Waals surface area contributed by atoms with Gasteiger partial charge in [-0.05, 0) is 93.5 Å². The first kappa shape index (κ1) is 29.2. The summed E-state index contributed by atoms with van der Waals surface area (Å²) in [5.74, 6) is 0. The summed E-state index contributed by atoms with van der Waals surface area (Å²) in [5.41, 5.74) is 6.47. The Morgan fingerprint density at radius 2 is 0.641 bits per heavy atom. The van der Waals surface area contributed by atoms with E-state index in [1.54, 1.807) is 0 Å². The van der Waals surface area contributed by atoms with Crippen molar-refractivity contribution >= 4 is 94.2 Å². The maximum Gasteiger partial charge on any atom is 0.179 e. The summed E-state index contributed by atoms with van der Waals surface area (Å²) >= 11 is 0. The molecule has 0 N–H and O–H groups in total. The Kier molecular flexibility index (Phi) is 6.59. The molecule has 13 aromatic rings. The van der Waals surface area contributed by atoms with E-state index in [-0.39, 0.29) is 48.3 Å². The van der Waals surface area contributed by atoms with Crippen molar-refractivity contribution in [1.29, 1.82) is 0 Å². The molecule has 64 heavy (non-hydrogen) atoms. The van der Waals surface area contributed by atoms with Crippen molar-refractivity contribution in [2.24, 2.45) is 0 Å². The molecule has 0 amide bonds. The molecule has 4 heteroatoms. The number of para-hydroxylation sites is 4. The Labute approximate surface area is 383 Å². The molecule has 0 atom stereocenters. The second-order valence-electron chi connectivity index (χ2n) is 16.3. The second kappa shape index (κ2) is 14.5. The molecule has 3 nitrogen and oxygen atoms in total. The van der Waals surface area contributed by atoms with Crippen LogP contribution in [0.25, 0.3) is 82.5 Å². The molecule has 3 aromatic heterocycles. The molecule has 0 saturated carbocycles. The number of hydrogen-bond donors (Lipinski definition) is 0. The Morgan fingerprint density at radius 1 is 0.266 bits per heavy atom. The van der Waals surface area contributed by atoms with Crippen LogP contribution in [0, 0.1) is 0 Å². The zero-order chi connectivity index (χ0) is 49.2. The predicted molar refractivity (Wildman–Crippen MR) is 273 cm³/mol. The van der Waals surface area contributed by atoms with Crippen LogP contribution in [-0.2, 0) is 0 Å². The first-order valence-electron chi connectivity index (χ1n) is 25.4. The third kappa shape index (κ3) is 5.33. The molecule has 10 aromatic carbocycles. The molecule has 13 rings (SSSR count). The number of rotatable bonds is 7. The van der Waals surface area contributed by atoms with E-state index in [9.17, 15) is 2.74 Å². The normalized spacial score (nSPS) is 13.8. The van der Waals surface area contributed by atoms with Gasteiger partial charge < -0.3 is 13.7 Å². The first-order valence-corrected chi connectivity index (χ1v) is 23.4. The van der Waals surface area contributed by atoms with Gasteiger partial charge in [0, 0.05) is 49.4 Å². The Balaban J connectivity index is 1.14. The topological polar surface area (TPSA) is 14.8 Å². The van der Waals surface area contributed by atoms with Crippen LogP contribution in [0.4, 0.5) is 0 Å². The molecular weight excluding hydrogens is 791 g/mol. The van der Waals surface area contributed by atoms with Gasteiger partial charge in [0.05, 0.1) is 44.1 Å². The molecule has 0 aliphatic carbocycles. The minimum absolute atomic E-state index is 0.0894. The summed E-state index contributed by atoms with van der Waals surface area (Å²) in [6.07, 6.45) is 0. The van der Waals surface area contributed by atoms with E-state index >= 15 is 0 Å². The van der Waals surface area contributed by atoms with Crippen LogP contribution >= 0.6 is 0 Å². The lowest BCUT2D eigenvalue weighted by molar-refractivity contribution is 1.16. The fourth-order valence-electron chi connectivity index (χ4n) is 10.4. The summed E-state index contributed by atoms with van der Waals surface area (Å²) in [5, 5.41) is 9.07. The van der Waals surface area contributed by atoms with Gasteiger partial charge in [-0.25, -0.2) is 0 Å². The number of aromatic nitrogens is 3. The number of benzene rings is 10. The quantitative estimate of drug-likeness (QED) is 0.112. The SMILES string of the molecule is [2H]c1c([2H])c([2H])c2c(c1[2H])c1ccccc1n2-c1ccc2c(c1)c1cc(-n3c4ccccc4c4c([2H])c([2H])c([2H])c([2H])c43)ccc1n2-c1cccc([Si](c2ccccc2)(c2ccccc2)c2ccccc2)c1. The summed E-state index contributed by atoms with van der Waals surface area (Å²) in [4.78, 5) is 0. The minimum Gasteiger partial charge on any atom is -0.309 e. The Morgan fingerprint density at radius 3 is 1.12 bits per heavy atom. The second-order valence-corrected chi connectivity index (χ2v) is 20.1. The molecule has 300 valence electrons. The van der Waals surface area contributed by atoms with Crippen molar-refractivity contribution in [3.05, 3.63) is 249 Å². The van der Waals surface area contributed by atoms with Crippen molar-refractivity contribution in [2.75, 3.05) is 0 Å². The zero-order valence-corrected chi connectivity index (χ0v) is 35.4. The van der Waals surface area contributed by atoms with E-state index in [4.69, 9.17) is 8.22 Å². The standard InChI is InChI=1S/C60H41N3Si/c1-4-20-45(21-5-1)64(46-22-6-2-7-23-46,47-24-8-3-9-25-47)48-26-18-19-42(39-48)61-59-37-35-43(62-55-31-14-10-27-49(55)50-28-11-15-32-56(50)62)40-53(59)54-41-44(36-38-60(54)61)63-57-33-16-12-29-51(57)52-30-13-17-34-58(52)63/h1-41H/i10D,12D,14D,16D,27D,29D,31D,33D. The molecule has 0 spiro atoms. The van der Waals surface area contributed by atoms with Crippen LogP contribution < -0.4 is 20.7 Å². The molecule has 0 aliphatic rings. The number of hydrogen-bond acceptors (Lipinski definition) is 0. The van der Waals surface area contributed by atoms with Crippen LogP contribution in [-0.4, -0.2) is 21.8 Å². The van der Waals surface area contributed by atoms with Crippen LogP contribution in [0.15, 0.2) is 249 Å². The maximum absolute atomic E-state index is 9.25. The van der Waals surface area contributed by atoms with Gasteiger partial charge in [0.1, 0.15) is 0 Å². The highest BCUT2D eigenvalue weighted by atomic mass is 28.3. The highest BCUT2D eigenvalue weighted by Gasteiger charge is 2.41. The van der Waals surface area contributed by atoms with Crippen molar-refractivity contribution in [3.63, 3.8) is 0 Å². The monoisotopic (exact) mass is 839 g/mol. The van der Waals surface area contributed by atoms with Crippen LogP contribution in [0.1, 0.15) is 11.0 Å². The molecule has 0 fully saturated rings. The Hall–Kier alpha value is -8.18. The van der Waals surface area contributed by atoms with E-state index in [1.165, 1.54) is 20.7 Å². The third-order valence-corrected chi connectivity index (χ3v) is 17.8. The van der Waals surface area contributed by atoms with Gasteiger partial charge in [-0.1, -0.05) is 176 Å². The predicted octanol–water partition coefficient (Wildman–Crippen LogP) is 12.4. The lowest BCUT2D eigenvalue weighted by Gasteiger charge is -2.34. The van der Waals surface area contributed by atoms with Crippen molar-refractivity contribution < 1.29 is 11.0 Å². The van der Waals surface area contributed by atoms with Crippen LogP contribution in [0.2, 0.25) is 0 Å². The van der Waals surface area contributed by atoms with Crippen LogP contribution in [0.3, 0.4) is 0 Å². The average molecular weight is 840 g/mol. The molecule has 3 heterocycles. The van der Waals surface area contributed by atoms with Gasteiger partial charge in [0.25, 0.3) is 0 Å². The highest BCUT2D eigenvalue weighted by Crippen LogP contribution is 2.39. The zero-order valence-electron chi connectivity index (χ0n) is 42.4. The average Bonchev–Trinajstić information content (AvgIpc) is 4.08. The molecular formula is C60H41N3Si. The van der Waals surface area contributed by atoms with Crippen molar-refractivity contribution in [1.82, 2.24) is 13.7 Å². The summed E-state index contributed by atoms with van der Waals surface area (Å²) in [6.45, 7) is 0. The van der Waals surface area contributed by atoms with Gasteiger partial charge in [-0.15, -0.1) is 0 Å². The number of nitrogens with zero attached hydrogens (tertiary/aromatic N) is 3. The summed E-state index contributed by atoms with van der Waals surface area (Å²) in [7, 11) is -2.96. The van der Waals surface area contributed by atoms with E-state index < -0.39 is 8.07 Å². The van der Waals surface area contributed by atoms with Crippen LogP contribution in [0.5, 0.6) is 0 Å². The van der Waals surface area contributed by atoms with Gasteiger partial charge >= 0.3 is 0 Å². The fourth-order valence-corrected chi connectivity index (χ4v) is 15.2. The van der Waals surface area contributed by atoms with Gasteiger partial charge in [-0.2, -0.15) is 0 Å². The lowest BCUT2D eigenvalue weighted by atomic mass is 10.1. The van der Waals surface area contributed by atoms with E-state index in [0.29, 0.717) is 33.2 Å².